The van der Waals surface area contributed by atoms with Crippen LogP contribution in [0.25, 0.3) is 0 Å². The molecule has 6 amide bonds. The molecule has 3 rings (SSSR count). The van der Waals surface area contributed by atoms with Gasteiger partial charge in [-0.1, -0.05) is 44.2 Å². The summed E-state index contributed by atoms with van der Waals surface area (Å²) in [6.07, 6.45) is 1.57. The molecule has 2 fully saturated rings. The fraction of sp³-hybridized carbons (Fsp3) is 0.625. The second-order valence-corrected chi connectivity index (χ2v) is 13.4. The monoisotopic (exact) mass is 627 g/mol. The molecule has 5 atom stereocenters. The Morgan fingerprint density at radius 1 is 0.889 bits per heavy atom. The van der Waals surface area contributed by atoms with Gasteiger partial charge in [-0.15, -0.1) is 0 Å². The first-order valence-corrected chi connectivity index (χ1v) is 15.7. The van der Waals surface area contributed by atoms with E-state index in [0.29, 0.717) is 25.8 Å². The largest absolute Gasteiger partial charge is 0.350 e. The molecule has 45 heavy (non-hydrogen) atoms. The Balaban J connectivity index is 1.97. The van der Waals surface area contributed by atoms with Crippen LogP contribution in [-0.4, -0.2) is 95.7 Å². The number of nitrogens with zero attached hydrogens (tertiary/aromatic N) is 1. The van der Waals surface area contributed by atoms with E-state index in [1.54, 1.807) is 11.8 Å². The quantitative estimate of drug-likeness (QED) is 0.261. The normalized spacial score (nSPS) is 26.4. The molecule has 0 saturated carbocycles. The SMILES string of the molecule is CC(C)C[C@@H]1NC(=O)CNC(=O)[C@@H]2CCCN2[C@H](C(=O)NC(C)(C)C)[C@H](C)NC(=O)[C@H](Cc2ccccc2)NC(=O)CNC1=O. The Bertz CT molecular complexity index is 1230. The molecule has 0 unspecified atom stereocenters. The van der Waals surface area contributed by atoms with E-state index in [1.807, 2.05) is 65.0 Å². The van der Waals surface area contributed by atoms with Crippen LogP contribution in [0.1, 0.15) is 66.4 Å². The Morgan fingerprint density at radius 3 is 2.09 bits per heavy atom. The van der Waals surface area contributed by atoms with Crippen LogP contribution in [0.5, 0.6) is 0 Å². The van der Waals surface area contributed by atoms with E-state index in [4.69, 9.17) is 0 Å². The maximum atomic E-state index is 13.8. The molecule has 0 aromatic heterocycles. The van der Waals surface area contributed by atoms with E-state index in [9.17, 15) is 28.8 Å². The van der Waals surface area contributed by atoms with Crippen LogP contribution < -0.4 is 31.9 Å². The third-order valence-electron chi connectivity index (χ3n) is 7.70. The van der Waals surface area contributed by atoms with E-state index in [2.05, 4.69) is 31.9 Å². The number of carbonyl (C=O) groups excluding carboxylic acids is 6. The number of nitrogens with one attached hydrogen (secondary N) is 6. The molecule has 248 valence electrons. The number of rotatable bonds is 5. The van der Waals surface area contributed by atoms with Crippen molar-refractivity contribution in [1.82, 2.24) is 36.8 Å². The van der Waals surface area contributed by atoms with Crippen LogP contribution in [0.15, 0.2) is 30.3 Å². The fourth-order valence-electron chi connectivity index (χ4n) is 5.74. The van der Waals surface area contributed by atoms with Crippen molar-refractivity contribution in [2.75, 3.05) is 19.6 Å². The first kappa shape index (κ1) is 35.5. The highest BCUT2D eigenvalue weighted by Crippen LogP contribution is 2.23. The summed E-state index contributed by atoms with van der Waals surface area (Å²) in [5, 5.41) is 16.5. The zero-order chi connectivity index (χ0) is 33.3. The number of carbonyl (C=O) groups is 6. The summed E-state index contributed by atoms with van der Waals surface area (Å²) in [6, 6.07) is 4.82. The number of fused-ring (bicyclic) bond motifs is 1. The lowest BCUT2D eigenvalue weighted by atomic mass is 10.0. The van der Waals surface area contributed by atoms with Gasteiger partial charge in [-0.05, 0) is 65.0 Å². The lowest BCUT2D eigenvalue weighted by Gasteiger charge is -2.37. The zero-order valence-electron chi connectivity index (χ0n) is 27.2. The van der Waals surface area contributed by atoms with Crippen molar-refractivity contribution in [3.05, 3.63) is 35.9 Å². The first-order chi connectivity index (χ1) is 21.1. The highest BCUT2D eigenvalue weighted by Gasteiger charge is 2.43. The van der Waals surface area contributed by atoms with Gasteiger partial charge in [0.1, 0.15) is 18.1 Å². The Kier molecular flexibility index (Phi) is 12.5. The molecule has 13 nitrogen and oxygen atoms in total. The van der Waals surface area contributed by atoms with Crippen molar-refractivity contribution in [3.8, 4) is 0 Å². The smallest absolute Gasteiger partial charge is 0.243 e. The van der Waals surface area contributed by atoms with Crippen LogP contribution in [0.2, 0.25) is 0 Å². The highest BCUT2D eigenvalue weighted by atomic mass is 16.2. The number of benzene rings is 1. The minimum atomic E-state index is -1.02. The Morgan fingerprint density at radius 2 is 1.49 bits per heavy atom. The predicted molar refractivity (Wildman–Crippen MR) is 168 cm³/mol. The van der Waals surface area contributed by atoms with Crippen LogP contribution >= 0.6 is 0 Å². The molecule has 1 aromatic carbocycles. The second-order valence-electron chi connectivity index (χ2n) is 13.4. The van der Waals surface area contributed by atoms with Crippen LogP contribution in [0.3, 0.4) is 0 Å². The van der Waals surface area contributed by atoms with Gasteiger partial charge in [0.15, 0.2) is 0 Å². The summed E-state index contributed by atoms with van der Waals surface area (Å²) in [6.45, 7) is 10.7. The predicted octanol–water partition coefficient (Wildman–Crippen LogP) is -0.257. The van der Waals surface area contributed by atoms with Crippen molar-refractivity contribution in [2.45, 2.75) is 103 Å². The maximum absolute atomic E-state index is 13.8. The first-order valence-electron chi connectivity index (χ1n) is 15.7. The molecule has 0 bridgehead atoms. The topological polar surface area (TPSA) is 178 Å². The van der Waals surface area contributed by atoms with Gasteiger partial charge in [0.05, 0.1) is 25.2 Å². The van der Waals surface area contributed by atoms with Crippen molar-refractivity contribution in [2.24, 2.45) is 5.92 Å². The van der Waals surface area contributed by atoms with Crippen LogP contribution in [-0.2, 0) is 35.2 Å². The molecule has 0 aliphatic carbocycles. The molecule has 2 saturated heterocycles. The van der Waals surface area contributed by atoms with Crippen molar-refractivity contribution in [3.63, 3.8) is 0 Å². The lowest BCUT2D eigenvalue weighted by molar-refractivity contribution is -0.136. The van der Waals surface area contributed by atoms with Gasteiger partial charge in [0.25, 0.3) is 0 Å². The van der Waals surface area contributed by atoms with Gasteiger partial charge in [0.2, 0.25) is 35.4 Å². The summed E-state index contributed by atoms with van der Waals surface area (Å²) < 4.78 is 0. The fourth-order valence-corrected chi connectivity index (χ4v) is 5.74. The van der Waals surface area contributed by atoms with E-state index < -0.39 is 71.8 Å². The van der Waals surface area contributed by atoms with Gasteiger partial charge >= 0.3 is 0 Å². The second kappa shape index (κ2) is 15.8. The number of amides is 6. The summed E-state index contributed by atoms with van der Waals surface area (Å²) in [4.78, 5) is 81.5. The third-order valence-corrected chi connectivity index (χ3v) is 7.70. The van der Waals surface area contributed by atoms with E-state index >= 15 is 0 Å². The summed E-state index contributed by atoms with van der Waals surface area (Å²) >= 11 is 0. The minimum absolute atomic E-state index is 0.0477. The lowest BCUT2D eigenvalue weighted by Crippen LogP contribution is -2.64. The standard InChI is InChI=1S/C32H49N7O6/c1-19(2)15-22-28(42)33-17-25(40)37-23(16-21-11-8-7-9-12-21)29(43)35-20(3)27(31(45)38-32(4,5)6)39-14-10-13-24(39)30(44)34-18-26(41)36-22/h7-9,11-12,19-20,22-24,27H,10,13-18H2,1-6H3,(H,33,42)(H,34,44)(H,35,43)(H,36,41)(H,37,40)(H,38,45)/t20-,22-,23-,24-,27-/m0/s1. The molecule has 2 aliphatic rings. The molecule has 1 aromatic rings. The van der Waals surface area contributed by atoms with E-state index in [-0.39, 0.29) is 24.8 Å². The van der Waals surface area contributed by atoms with Gasteiger partial charge in [-0.3, -0.25) is 33.7 Å². The molecule has 0 radical (unpaired) electrons. The van der Waals surface area contributed by atoms with Crippen molar-refractivity contribution in [1.29, 1.82) is 0 Å². The summed E-state index contributed by atoms with van der Waals surface area (Å²) in [5.74, 6) is -2.93. The number of hydrogen-bond acceptors (Lipinski definition) is 7. The molecular formula is C32H49N7O6. The molecule has 13 heteroatoms. The zero-order valence-corrected chi connectivity index (χ0v) is 27.2. The maximum Gasteiger partial charge on any atom is 0.243 e. The molecular weight excluding hydrogens is 578 g/mol. The van der Waals surface area contributed by atoms with E-state index in [1.165, 1.54) is 0 Å². The van der Waals surface area contributed by atoms with Gasteiger partial charge in [0, 0.05) is 12.0 Å². The van der Waals surface area contributed by atoms with Crippen LogP contribution in [0, 0.1) is 5.92 Å². The van der Waals surface area contributed by atoms with Crippen molar-refractivity contribution < 1.29 is 28.8 Å². The van der Waals surface area contributed by atoms with Gasteiger partial charge < -0.3 is 31.9 Å². The summed E-state index contributed by atoms with van der Waals surface area (Å²) in [5.41, 5.74) is 0.221. The van der Waals surface area contributed by atoms with Crippen LogP contribution in [0.4, 0.5) is 0 Å². The molecule has 0 spiro atoms. The number of hydrogen-bond donors (Lipinski definition) is 6. The molecule has 2 aliphatic heterocycles. The van der Waals surface area contributed by atoms with Gasteiger partial charge in [-0.2, -0.15) is 0 Å². The highest BCUT2D eigenvalue weighted by molar-refractivity contribution is 5.94. The van der Waals surface area contributed by atoms with Crippen molar-refractivity contribution >= 4 is 35.4 Å². The Labute approximate surface area is 265 Å². The summed E-state index contributed by atoms with van der Waals surface area (Å²) in [7, 11) is 0. The molecule has 2 heterocycles. The third kappa shape index (κ3) is 10.8. The molecule has 6 N–H and O–H groups in total. The van der Waals surface area contributed by atoms with E-state index in [0.717, 1.165) is 5.56 Å². The average molecular weight is 628 g/mol. The van der Waals surface area contributed by atoms with Gasteiger partial charge in [-0.25, -0.2) is 0 Å². The Hall–Kier alpha value is -4.00. The minimum Gasteiger partial charge on any atom is -0.350 e. The average Bonchev–Trinajstić information content (AvgIpc) is 3.42.